The second-order valence-corrected chi connectivity index (χ2v) is 6.18. The predicted octanol–water partition coefficient (Wildman–Crippen LogP) is 5.30. The smallest absolute Gasteiger partial charge is 0.353 e. The van der Waals surface area contributed by atoms with Crippen LogP contribution in [0.3, 0.4) is 0 Å². The molecule has 4 nitrogen and oxygen atoms in total. The molecule has 0 bridgehead atoms. The first-order chi connectivity index (χ1) is 12.8. The number of fused-ring (bicyclic) bond motifs is 3. The van der Waals surface area contributed by atoms with Gasteiger partial charge in [-0.25, -0.2) is 4.98 Å². The number of H-pyrrole nitrogens is 1. The summed E-state index contributed by atoms with van der Waals surface area (Å²) in [5.74, 6) is -0.693. The fraction of sp³-hybridized carbons (Fsp3) is 0.100. The van der Waals surface area contributed by atoms with Crippen LogP contribution in [0.25, 0.3) is 21.8 Å². The number of anilines is 1. The van der Waals surface area contributed by atoms with Gasteiger partial charge in [0, 0.05) is 16.3 Å². The highest BCUT2D eigenvalue weighted by Crippen LogP contribution is 2.35. The van der Waals surface area contributed by atoms with Crippen LogP contribution in [0.1, 0.15) is 21.7 Å². The lowest BCUT2D eigenvalue weighted by atomic mass is 10.1. The van der Waals surface area contributed by atoms with Crippen molar-refractivity contribution in [1.29, 1.82) is 0 Å². The van der Waals surface area contributed by atoms with E-state index in [1.807, 2.05) is 24.3 Å². The van der Waals surface area contributed by atoms with E-state index < -0.39 is 17.6 Å². The minimum Gasteiger partial charge on any atom is -0.353 e. The number of rotatable bonds is 2. The molecule has 136 valence electrons. The van der Waals surface area contributed by atoms with Crippen LogP contribution in [0.2, 0.25) is 0 Å². The molecule has 4 aromatic rings. The highest BCUT2D eigenvalue weighted by Gasteiger charge is 2.33. The second kappa shape index (κ2) is 6.12. The predicted molar refractivity (Wildman–Crippen MR) is 97.7 cm³/mol. The van der Waals surface area contributed by atoms with Crippen molar-refractivity contribution in [3.05, 3.63) is 71.5 Å². The summed E-state index contributed by atoms with van der Waals surface area (Å²) in [6.07, 6.45) is -4.56. The van der Waals surface area contributed by atoms with E-state index in [-0.39, 0.29) is 11.4 Å². The van der Waals surface area contributed by atoms with E-state index in [1.165, 1.54) is 18.2 Å². The van der Waals surface area contributed by atoms with Gasteiger partial charge >= 0.3 is 6.18 Å². The van der Waals surface area contributed by atoms with Crippen molar-refractivity contribution in [2.24, 2.45) is 0 Å². The van der Waals surface area contributed by atoms with E-state index in [2.05, 4.69) is 15.3 Å². The highest BCUT2D eigenvalue weighted by atomic mass is 19.4. The summed E-state index contributed by atoms with van der Waals surface area (Å²) < 4.78 is 39.4. The first kappa shape index (κ1) is 17.1. The zero-order chi connectivity index (χ0) is 19.2. The third-order valence-corrected chi connectivity index (χ3v) is 4.39. The van der Waals surface area contributed by atoms with Crippen molar-refractivity contribution < 1.29 is 18.0 Å². The Morgan fingerprint density at radius 1 is 1.04 bits per heavy atom. The molecule has 0 saturated heterocycles. The van der Waals surface area contributed by atoms with Gasteiger partial charge in [0.1, 0.15) is 5.69 Å². The quantitative estimate of drug-likeness (QED) is 0.504. The Morgan fingerprint density at radius 3 is 2.52 bits per heavy atom. The Morgan fingerprint density at radius 2 is 1.74 bits per heavy atom. The maximum absolute atomic E-state index is 13.1. The summed E-state index contributed by atoms with van der Waals surface area (Å²) in [6.45, 7) is 1.75. The molecule has 0 atom stereocenters. The minimum absolute atomic E-state index is 0.0572. The van der Waals surface area contributed by atoms with Crippen LogP contribution < -0.4 is 5.32 Å². The molecule has 0 aliphatic carbocycles. The van der Waals surface area contributed by atoms with Gasteiger partial charge in [-0.05, 0) is 31.2 Å². The summed E-state index contributed by atoms with van der Waals surface area (Å²) in [4.78, 5) is 20.1. The lowest BCUT2D eigenvalue weighted by Gasteiger charge is -2.13. The lowest BCUT2D eigenvalue weighted by Crippen LogP contribution is -2.18. The normalized spacial score (nSPS) is 11.9. The molecule has 4 rings (SSSR count). The average molecular weight is 369 g/mol. The number of carbonyl (C=O) groups excluding carboxylic acids is 1. The largest absolute Gasteiger partial charge is 0.418 e. The fourth-order valence-corrected chi connectivity index (χ4v) is 3.15. The Kier molecular flexibility index (Phi) is 3.87. The Bertz CT molecular complexity index is 1180. The molecule has 2 N–H and O–H groups in total. The van der Waals surface area contributed by atoms with Crippen LogP contribution in [0, 0.1) is 6.92 Å². The number of nitrogens with one attached hydrogen (secondary N) is 2. The Labute approximate surface area is 152 Å². The van der Waals surface area contributed by atoms with Gasteiger partial charge in [0.05, 0.1) is 22.5 Å². The van der Waals surface area contributed by atoms with Crippen LogP contribution in [-0.4, -0.2) is 15.9 Å². The number of benzene rings is 2. The zero-order valence-corrected chi connectivity index (χ0v) is 14.2. The molecule has 0 radical (unpaired) electrons. The van der Waals surface area contributed by atoms with Gasteiger partial charge in [-0.3, -0.25) is 4.79 Å². The number of para-hydroxylation sites is 2. The first-order valence-electron chi connectivity index (χ1n) is 8.20. The SMILES string of the molecule is Cc1nc(C(=O)Nc2ccccc2C(F)(F)F)cc2c1[nH]c1ccccc12. The second-order valence-electron chi connectivity index (χ2n) is 6.18. The van der Waals surface area contributed by atoms with E-state index in [0.717, 1.165) is 27.9 Å². The summed E-state index contributed by atoms with van der Waals surface area (Å²) in [6, 6.07) is 14.0. The van der Waals surface area contributed by atoms with Crippen LogP contribution in [0.4, 0.5) is 18.9 Å². The van der Waals surface area contributed by atoms with Gasteiger partial charge in [0.25, 0.3) is 5.91 Å². The number of nitrogens with zero attached hydrogens (tertiary/aromatic N) is 1. The molecule has 0 fully saturated rings. The molecule has 0 spiro atoms. The number of halogens is 3. The molecule has 2 heterocycles. The fourth-order valence-electron chi connectivity index (χ4n) is 3.15. The monoisotopic (exact) mass is 369 g/mol. The molecule has 0 saturated carbocycles. The molecule has 27 heavy (non-hydrogen) atoms. The number of aryl methyl sites for hydroxylation is 1. The maximum atomic E-state index is 13.1. The number of aromatic nitrogens is 2. The average Bonchev–Trinajstić information content (AvgIpc) is 3.01. The Balaban J connectivity index is 1.77. The van der Waals surface area contributed by atoms with E-state index >= 15 is 0 Å². The highest BCUT2D eigenvalue weighted by molar-refractivity contribution is 6.11. The summed E-state index contributed by atoms with van der Waals surface area (Å²) >= 11 is 0. The van der Waals surface area contributed by atoms with E-state index in [4.69, 9.17) is 0 Å². The zero-order valence-electron chi connectivity index (χ0n) is 14.2. The first-order valence-corrected chi connectivity index (χ1v) is 8.20. The molecular formula is C20H14F3N3O. The van der Waals surface area contributed by atoms with Crippen molar-refractivity contribution in [2.75, 3.05) is 5.32 Å². The van der Waals surface area contributed by atoms with Gasteiger partial charge in [-0.1, -0.05) is 30.3 Å². The lowest BCUT2D eigenvalue weighted by molar-refractivity contribution is -0.136. The van der Waals surface area contributed by atoms with Crippen molar-refractivity contribution in [3.63, 3.8) is 0 Å². The molecule has 7 heteroatoms. The van der Waals surface area contributed by atoms with Crippen molar-refractivity contribution in [2.45, 2.75) is 13.1 Å². The van der Waals surface area contributed by atoms with Crippen molar-refractivity contribution in [1.82, 2.24) is 9.97 Å². The number of hydrogen-bond donors (Lipinski definition) is 2. The molecular weight excluding hydrogens is 355 g/mol. The number of pyridine rings is 1. The number of carbonyl (C=O) groups is 1. The Hall–Kier alpha value is -3.35. The van der Waals surface area contributed by atoms with Crippen molar-refractivity contribution >= 4 is 33.4 Å². The number of hydrogen-bond acceptors (Lipinski definition) is 2. The van der Waals surface area contributed by atoms with E-state index in [1.54, 1.807) is 13.0 Å². The van der Waals surface area contributed by atoms with Crippen LogP contribution in [0.5, 0.6) is 0 Å². The number of aromatic amines is 1. The molecule has 2 aromatic heterocycles. The van der Waals surface area contributed by atoms with Gasteiger partial charge in [-0.2, -0.15) is 13.2 Å². The number of alkyl halides is 3. The van der Waals surface area contributed by atoms with Gasteiger partial charge < -0.3 is 10.3 Å². The molecule has 2 aromatic carbocycles. The van der Waals surface area contributed by atoms with E-state index in [0.29, 0.717) is 5.69 Å². The van der Waals surface area contributed by atoms with Gasteiger partial charge in [0.2, 0.25) is 0 Å². The van der Waals surface area contributed by atoms with Crippen LogP contribution in [-0.2, 0) is 6.18 Å². The van der Waals surface area contributed by atoms with E-state index in [9.17, 15) is 18.0 Å². The molecule has 0 aliphatic rings. The summed E-state index contributed by atoms with van der Waals surface area (Å²) in [5, 5.41) is 4.05. The molecule has 0 unspecified atom stereocenters. The van der Waals surface area contributed by atoms with Gasteiger partial charge in [-0.15, -0.1) is 0 Å². The maximum Gasteiger partial charge on any atom is 0.418 e. The van der Waals surface area contributed by atoms with Crippen LogP contribution >= 0.6 is 0 Å². The topological polar surface area (TPSA) is 57.8 Å². The minimum atomic E-state index is -4.56. The van der Waals surface area contributed by atoms with Gasteiger partial charge in [0.15, 0.2) is 0 Å². The molecule has 1 amide bonds. The van der Waals surface area contributed by atoms with Crippen LogP contribution in [0.15, 0.2) is 54.6 Å². The third-order valence-electron chi connectivity index (χ3n) is 4.39. The standard InChI is InChI=1S/C20H14F3N3O/c1-11-18-13(12-6-2-4-8-15(12)25-18)10-17(24-11)19(27)26-16-9-5-3-7-14(16)20(21,22)23/h2-10,25H,1H3,(H,26,27). The van der Waals surface area contributed by atoms with Crippen molar-refractivity contribution in [3.8, 4) is 0 Å². The molecule has 0 aliphatic heterocycles. The summed E-state index contributed by atoms with van der Waals surface area (Å²) in [5.41, 5.74) is 1.15. The number of amides is 1. The third kappa shape index (κ3) is 3.01. The summed E-state index contributed by atoms with van der Waals surface area (Å²) in [7, 11) is 0.